The van der Waals surface area contributed by atoms with E-state index < -0.39 is 36.2 Å². The quantitative estimate of drug-likeness (QED) is 0.445. The van der Waals surface area contributed by atoms with Crippen molar-refractivity contribution in [3.63, 3.8) is 0 Å². The zero-order chi connectivity index (χ0) is 24.8. The van der Waals surface area contributed by atoms with E-state index in [1.54, 1.807) is 7.11 Å². The van der Waals surface area contributed by atoms with Crippen molar-refractivity contribution in [1.29, 1.82) is 0 Å². The standard InChI is InChI=1S/C26H30N2O7/c1-33-13-6-11-22(24(29)27-21-12-14-34-23(21)25(30)31)28-26(32)35-15-20-18-9-4-2-7-16(18)17-8-3-5-10-19(17)20/h2-5,7-10,20-23H,6,11-15H2,1H3,(H,27,29)(H,28,32)(H,30,31). The van der Waals surface area contributed by atoms with E-state index in [0.29, 0.717) is 25.9 Å². The lowest BCUT2D eigenvalue weighted by atomic mass is 9.98. The minimum atomic E-state index is -1.13. The maximum Gasteiger partial charge on any atom is 0.407 e. The number of alkyl carbamates (subject to hydrolysis) is 1. The molecule has 1 heterocycles. The number of methoxy groups -OCH3 is 1. The predicted octanol–water partition coefficient (Wildman–Crippen LogP) is 2.68. The Morgan fingerprint density at radius 2 is 1.74 bits per heavy atom. The van der Waals surface area contributed by atoms with Gasteiger partial charge < -0.3 is 30.0 Å². The number of hydrogen-bond acceptors (Lipinski definition) is 6. The Kier molecular flexibility index (Phi) is 7.99. The van der Waals surface area contributed by atoms with Crippen molar-refractivity contribution in [2.24, 2.45) is 0 Å². The van der Waals surface area contributed by atoms with Gasteiger partial charge in [0.1, 0.15) is 12.6 Å². The first-order valence-electron chi connectivity index (χ1n) is 11.7. The van der Waals surface area contributed by atoms with E-state index in [9.17, 15) is 19.5 Å². The largest absolute Gasteiger partial charge is 0.479 e. The van der Waals surface area contributed by atoms with Gasteiger partial charge in [0.05, 0.1) is 6.04 Å². The summed E-state index contributed by atoms with van der Waals surface area (Å²) in [6.45, 7) is 0.792. The Labute approximate surface area is 203 Å². The number of carboxylic acid groups (broad SMARTS) is 1. The molecule has 2 aliphatic rings. The Bertz CT molecular complexity index is 1030. The third-order valence-electron chi connectivity index (χ3n) is 6.46. The van der Waals surface area contributed by atoms with Crippen LogP contribution in [0, 0.1) is 0 Å². The summed E-state index contributed by atoms with van der Waals surface area (Å²) < 4.78 is 15.8. The van der Waals surface area contributed by atoms with Crippen molar-refractivity contribution in [1.82, 2.24) is 10.6 Å². The number of carboxylic acids is 1. The number of carbonyl (C=O) groups excluding carboxylic acids is 2. The summed E-state index contributed by atoms with van der Waals surface area (Å²) in [5.74, 6) is -1.70. The molecule has 186 valence electrons. The van der Waals surface area contributed by atoms with E-state index in [1.807, 2.05) is 36.4 Å². The summed E-state index contributed by atoms with van der Waals surface area (Å²) in [5.41, 5.74) is 4.44. The van der Waals surface area contributed by atoms with Gasteiger partial charge in [0.25, 0.3) is 0 Å². The lowest BCUT2D eigenvalue weighted by Crippen LogP contribution is -2.52. The number of benzene rings is 2. The van der Waals surface area contributed by atoms with Crippen LogP contribution in [0.15, 0.2) is 48.5 Å². The molecule has 2 aromatic carbocycles. The topological polar surface area (TPSA) is 123 Å². The van der Waals surface area contributed by atoms with Crippen LogP contribution in [0.3, 0.4) is 0 Å². The highest BCUT2D eigenvalue weighted by Gasteiger charge is 2.37. The van der Waals surface area contributed by atoms with Crippen LogP contribution in [-0.4, -0.2) is 68.2 Å². The third kappa shape index (κ3) is 5.63. The van der Waals surface area contributed by atoms with Crippen LogP contribution >= 0.6 is 0 Å². The summed E-state index contributed by atoms with van der Waals surface area (Å²) in [6.07, 6.45) is -0.579. The van der Waals surface area contributed by atoms with Crippen molar-refractivity contribution < 1.29 is 33.7 Å². The number of hydrogen-bond donors (Lipinski definition) is 3. The van der Waals surface area contributed by atoms with Crippen molar-refractivity contribution >= 4 is 18.0 Å². The number of amides is 2. The van der Waals surface area contributed by atoms with Gasteiger partial charge in [-0.15, -0.1) is 0 Å². The van der Waals surface area contributed by atoms with E-state index in [-0.39, 0.29) is 19.1 Å². The number of nitrogens with one attached hydrogen (secondary N) is 2. The van der Waals surface area contributed by atoms with E-state index in [2.05, 4.69) is 22.8 Å². The van der Waals surface area contributed by atoms with Crippen LogP contribution in [-0.2, 0) is 23.8 Å². The second-order valence-electron chi connectivity index (χ2n) is 8.69. The average Bonchev–Trinajstić information content (AvgIpc) is 3.45. The summed E-state index contributed by atoms with van der Waals surface area (Å²) in [4.78, 5) is 37.0. The highest BCUT2D eigenvalue weighted by Crippen LogP contribution is 2.44. The Morgan fingerprint density at radius 3 is 2.37 bits per heavy atom. The molecule has 0 radical (unpaired) electrons. The first kappa shape index (κ1) is 24.7. The second kappa shape index (κ2) is 11.3. The number of carbonyl (C=O) groups is 3. The molecule has 1 aliphatic carbocycles. The van der Waals surface area contributed by atoms with Gasteiger partial charge in [-0.25, -0.2) is 9.59 Å². The monoisotopic (exact) mass is 482 g/mol. The van der Waals surface area contributed by atoms with Crippen LogP contribution in [0.4, 0.5) is 4.79 Å². The molecule has 1 aliphatic heterocycles. The molecular formula is C26H30N2O7. The third-order valence-corrected chi connectivity index (χ3v) is 6.46. The van der Waals surface area contributed by atoms with Crippen LogP contribution < -0.4 is 10.6 Å². The summed E-state index contributed by atoms with van der Waals surface area (Å²) >= 11 is 0. The zero-order valence-corrected chi connectivity index (χ0v) is 19.6. The van der Waals surface area contributed by atoms with Gasteiger partial charge in [-0.2, -0.15) is 0 Å². The maximum absolute atomic E-state index is 12.9. The molecule has 1 saturated heterocycles. The van der Waals surface area contributed by atoms with Gasteiger partial charge in [-0.1, -0.05) is 48.5 Å². The molecule has 3 N–H and O–H groups in total. The first-order valence-corrected chi connectivity index (χ1v) is 11.7. The Morgan fingerprint density at radius 1 is 1.09 bits per heavy atom. The van der Waals surface area contributed by atoms with Gasteiger partial charge in [-0.05, 0) is 41.5 Å². The first-order chi connectivity index (χ1) is 17.0. The molecule has 4 rings (SSSR count). The highest BCUT2D eigenvalue weighted by molar-refractivity contribution is 5.87. The molecule has 0 spiro atoms. The lowest BCUT2D eigenvalue weighted by Gasteiger charge is -2.23. The minimum Gasteiger partial charge on any atom is -0.479 e. The molecule has 3 atom stereocenters. The fourth-order valence-corrected chi connectivity index (χ4v) is 4.75. The van der Waals surface area contributed by atoms with Crippen molar-refractivity contribution in [2.45, 2.75) is 43.4 Å². The summed E-state index contributed by atoms with van der Waals surface area (Å²) in [7, 11) is 1.56. The smallest absolute Gasteiger partial charge is 0.407 e. The minimum absolute atomic E-state index is 0.0964. The average molecular weight is 483 g/mol. The normalized spacial score (nSPS) is 19.5. The highest BCUT2D eigenvalue weighted by atomic mass is 16.5. The molecule has 2 amide bonds. The van der Waals surface area contributed by atoms with E-state index in [1.165, 1.54) is 0 Å². The molecule has 2 aromatic rings. The number of aliphatic carboxylic acids is 1. The molecule has 1 fully saturated rings. The molecule has 0 saturated carbocycles. The fraction of sp³-hybridized carbons (Fsp3) is 0.423. The van der Waals surface area contributed by atoms with Crippen LogP contribution in [0.1, 0.15) is 36.3 Å². The van der Waals surface area contributed by atoms with E-state index >= 15 is 0 Å². The molecule has 9 heteroatoms. The van der Waals surface area contributed by atoms with E-state index in [0.717, 1.165) is 22.3 Å². The Balaban J connectivity index is 1.39. The number of rotatable bonds is 10. The SMILES string of the molecule is COCCCC(NC(=O)OCC1c2ccccc2-c2ccccc21)C(=O)NC1CCOC1C(=O)O. The van der Waals surface area contributed by atoms with Gasteiger partial charge in [0.2, 0.25) is 5.91 Å². The van der Waals surface area contributed by atoms with Crippen LogP contribution in [0.2, 0.25) is 0 Å². The van der Waals surface area contributed by atoms with Crippen molar-refractivity contribution in [2.75, 3.05) is 26.9 Å². The summed E-state index contributed by atoms with van der Waals surface area (Å²) in [5, 5.41) is 14.6. The van der Waals surface area contributed by atoms with Gasteiger partial charge in [0, 0.05) is 26.2 Å². The molecule has 9 nitrogen and oxygen atoms in total. The number of ether oxygens (including phenoxy) is 3. The fourth-order valence-electron chi connectivity index (χ4n) is 4.75. The Hall–Kier alpha value is -3.43. The maximum atomic E-state index is 12.9. The zero-order valence-electron chi connectivity index (χ0n) is 19.6. The summed E-state index contributed by atoms with van der Waals surface area (Å²) in [6, 6.07) is 14.5. The van der Waals surface area contributed by atoms with Gasteiger partial charge >= 0.3 is 12.1 Å². The van der Waals surface area contributed by atoms with Crippen LogP contribution in [0.5, 0.6) is 0 Å². The molecule has 35 heavy (non-hydrogen) atoms. The van der Waals surface area contributed by atoms with Gasteiger partial charge in [-0.3, -0.25) is 4.79 Å². The molecule has 3 unspecified atom stereocenters. The lowest BCUT2D eigenvalue weighted by molar-refractivity contribution is -0.148. The van der Waals surface area contributed by atoms with Crippen molar-refractivity contribution in [3.8, 4) is 11.1 Å². The second-order valence-corrected chi connectivity index (χ2v) is 8.69. The number of fused-ring (bicyclic) bond motifs is 3. The molecule has 0 aromatic heterocycles. The van der Waals surface area contributed by atoms with Crippen LogP contribution in [0.25, 0.3) is 11.1 Å². The predicted molar refractivity (Wildman–Crippen MR) is 127 cm³/mol. The van der Waals surface area contributed by atoms with Gasteiger partial charge in [0.15, 0.2) is 6.10 Å². The molecule has 0 bridgehead atoms. The van der Waals surface area contributed by atoms with Crippen molar-refractivity contribution in [3.05, 3.63) is 59.7 Å². The van der Waals surface area contributed by atoms with E-state index in [4.69, 9.17) is 14.2 Å². The molecular weight excluding hydrogens is 452 g/mol.